The lowest BCUT2D eigenvalue weighted by Gasteiger charge is -2.32. The second kappa shape index (κ2) is 11.0. The molecule has 0 spiro atoms. The molecule has 0 aromatic rings. The van der Waals surface area contributed by atoms with E-state index >= 15 is 0 Å². The number of hydrogen-bond acceptors (Lipinski definition) is 5. The van der Waals surface area contributed by atoms with E-state index in [1.54, 1.807) is 11.8 Å². The first-order valence-corrected chi connectivity index (χ1v) is 12.7. The zero-order valence-corrected chi connectivity index (χ0v) is 18.4. The van der Waals surface area contributed by atoms with Gasteiger partial charge in [-0.2, -0.15) is 0 Å². The Balaban J connectivity index is 1.51. The molecule has 3 rings (SSSR count). The number of likely N-dealkylation sites (tertiary alicyclic amines) is 1. The Hall–Kier alpha value is -0.400. The van der Waals surface area contributed by atoms with E-state index in [9.17, 15) is 9.59 Å². The summed E-state index contributed by atoms with van der Waals surface area (Å²) < 4.78 is 0. The van der Waals surface area contributed by atoms with Gasteiger partial charge in [-0.25, -0.2) is 0 Å². The van der Waals surface area contributed by atoms with E-state index in [-0.39, 0.29) is 16.4 Å². The molecule has 5 nitrogen and oxygen atoms in total. The van der Waals surface area contributed by atoms with E-state index in [1.807, 2.05) is 28.6 Å². The van der Waals surface area contributed by atoms with Crippen molar-refractivity contribution in [2.45, 2.75) is 55.4 Å². The van der Waals surface area contributed by atoms with Gasteiger partial charge >= 0.3 is 0 Å². The Kier molecular flexibility index (Phi) is 8.65. The molecule has 2 amide bonds. The minimum absolute atomic E-state index is 0.137. The third kappa shape index (κ3) is 6.29. The lowest BCUT2D eigenvalue weighted by molar-refractivity contribution is -0.134. The molecule has 0 saturated carbocycles. The van der Waals surface area contributed by atoms with Gasteiger partial charge in [0.15, 0.2) is 0 Å². The number of amides is 2. The fraction of sp³-hybridized carbons (Fsp3) is 0.900. The summed E-state index contributed by atoms with van der Waals surface area (Å²) >= 11 is 3.60. The van der Waals surface area contributed by atoms with Gasteiger partial charge in [-0.05, 0) is 63.1 Å². The van der Waals surface area contributed by atoms with Crippen LogP contribution in [0.3, 0.4) is 0 Å². The smallest absolute Gasteiger partial charge is 0.235 e. The molecule has 3 heterocycles. The van der Waals surface area contributed by atoms with Crippen LogP contribution in [-0.2, 0) is 9.59 Å². The number of thioether (sulfide) groups is 2. The molecule has 154 valence electrons. The van der Waals surface area contributed by atoms with Gasteiger partial charge in [0.2, 0.25) is 11.8 Å². The Labute approximate surface area is 173 Å². The number of piperidine rings is 1. The molecule has 3 fully saturated rings. The molecule has 0 unspecified atom stereocenters. The van der Waals surface area contributed by atoms with Crippen molar-refractivity contribution in [2.24, 2.45) is 0 Å². The van der Waals surface area contributed by atoms with Crippen LogP contribution < -0.4 is 0 Å². The average molecular weight is 414 g/mol. The monoisotopic (exact) mass is 413 g/mol. The minimum Gasteiger partial charge on any atom is -0.343 e. The number of nitrogens with zero attached hydrogens (tertiary/aromatic N) is 3. The summed E-state index contributed by atoms with van der Waals surface area (Å²) in [6, 6.07) is 0. The molecule has 3 aliphatic heterocycles. The zero-order chi connectivity index (χ0) is 19.1. The number of carbonyl (C=O) groups is 2. The van der Waals surface area contributed by atoms with Crippen LogP contribution in [0, 0.1) is 0 Å². The van der Waals surface area contributed by atoms with Gasteiger partial charge in [0, 0.05) is 33.2 Å². The Morgan fingerprint density at radius 1 is 0.852 bits per heavy atom. The highest BCUT2D eigenvalue weighted by Crippen LogP contribution is 2.28. The predicted octanol–water partition coefficient (Wildman–Crippen LogP) is 2.55. The van der Waals surface area contributed by atoms with Crippen LogP contribution in [0.2, 0.25) is 0 Å². The van der Waals surface area contributed by atoms with Crippen LogP contribution in [0.4, 0.5) is 0 Å². The maximum absolute atomic E-state index is 13.0. The van der Waals surface area contributed by atoms with Gasteiger partial charge in [-0.15, -0.1) is 23.5 Å². The van der Waals surface area contributed by atoms with Crippen LogP contribution in [0.5, 0.6) is 0 Å². The van der Waals surface area contributed by atoms with Gasteiger partial charge in [0.25, 0.3) is 0 Å². The second-order valence-electron chi connectivity index (χ2n) is 7.99. The van der Waals surface area contributed by atoms with Crippen molar-refractivity contribution < 1.29 is 9.59 Å². The van der Waals surface area contributed by atoms with Gasteiger partial charge in [0.05, 0.1) is 10.5 Å². The minimum atomic E-state index is 0.137. The summed E-state index contributed by atoms with van der Waals surface area (Å²) in [5.74, 6) is 2.75. The maximum atomic E-state index is 13.0. The van der Waals surface area contributed by atoms with Gasteiger partial charge in [-0.1, -0.05) is 6.42 Å². The summed E-state index contributed by atoms with van der Waals surface area (Å²) in [7, 11) is 1.90. The summed E-state index contributed by atoms with van der Waals surface area (Å²) in [6.07, 6.45) is 8.21. The SMILES string of the molecule is CN(CCN(CCN1CCCCC1)C(=O)[C@@H]1CCCS1)C(=O)[C@H]1CCCS1. The first-order valence-electron chi connectivity index (χ1n) is 10.6. The van der Waals surface area contributed by atoms with Crippen molar-refractivity contribution in [3.8, 4) is 0 Å². The van der Waals surface area contributed by atoms with E-state index in [0.29, 0.717) is 19.0 Å². The van der Waals surface area contributed by atoms with E-state index in [4.69, 9.17) is 0 Å². The van der Waals surface area contributed by atoms with Crippen molar-refractivity contribution in [3.63, 3.8) is 0 Å². The highest BCUT2D eigenvalue weighted by Gasteiger charge is 2.30. The molecule has 3 aliphatic rings. The molecule has 0 radical (unpaired) electrons. The van der Waals surface area contributed by atoms with E-state index < -0.39 is 0 Å². The third-order valence-electron chi connectivity index (χ3n) is 5.94. The van der Waals surface area contributed by atoms with Crippen LogP contribution in [0.25, 0.3) is 0 Å². The topological polar surface area (TPSA) is 43.9 Å². The number of carbonyl (C=O) groups excluding carboxylic acids is 2. The maximum Gasteiger partial charge on any atom is 0.235 e. The Bertz CT molecular complexity index is 488. The molecule has 3 saturated heterocycles. The van der Waals surface area contributed by atoms with Gasteiger partial charge in [-0.3, -0.25) is 9.59 Å². The Morgan fingerprint density at radius 3 is 2.07 bits per heavy atom. The zero-order valence-electron chi connectivity index (χ0n) is 16.7. The van der Waals surface area contributed by atoms with Crippen molar-refractivity contribution in [1.29, 1.82) is 0 Å². The summed E-state index contributed by atoms with van der Waals surface area (Å²) in [5.41, 5.74) is 0. The number of likely N-dealkylation sites (N-methyl/N-ethyl adjacent to an activating group) is 1. The summed E-state index contributed by atoms with van der Waals surface area (Å²) in [5, 5.41) is 0.274. The average Bonchev–Trinajstić information content (AvgIpc) is 3.41. The fourth-order valence-electron chi connectivity index (χ4n) is 4.15. The standard InChI is InChI=1S/C20H35N3O2S2/c1-21(19(24)17-7-5-15-26-17)11-13-23(20(25)18-8-6-16-27-18)14-12-22-9-3-2-4-10-22/h17-18H,2-16H2,1H3/t17-,18+/m1/s1. The Morgan fingerprint density at radius 2 is 1.48 bits per heavy atom. The van der Waals surface area contributed by atoms with Crippen LogP contribution in [-0.4, -0.2) is 94.8 Å². The molecular formula is C20H35N3O2S2. The summed E-state index contributed by atoms with van der Waals surface area (Å²) in [6.45, 7) is 5.42. The first-order chi connectivity index (χ1) is 13.1. The van der Waals surface area contributed by atoms with E-state index in [2.05, 4.69) is 4.90 Å². The fourth-order valence-corrected chi connectivity index (χ4v) is 6.67. The second-order valence-corrected chi connectivity index (χ2v) is 10.6. The van der Waals surface area contributed by atoms with E-state index in [1.165, 1.54) is 19.3 Å². The lowest BCUT2D eigenvalue weighted by Crippen LogP contribution is -2.47. The largest absolute Gasteiger partial charge is 0.343 e. The predicted molar refractivity (Wildman–Crippen MR) is 115 cm³/mol. The van der Waals surface area contributed by atoms with Crippen LogP contribution in [0.1, 0.15) is 44.9 Å². The van der Waals surface area contributed by atoms with Crippen LogP contribution in [0.15, 0.2) is 0 Å². The molecule has 0 bridgehead atoms. The molecule has 7 heteroatoms. The van der Waals surface area contributed by atoms with E-state index in [0.717, 1.165) is 63.4 Å². The first kappa shape index (κ1) is 21.3. The third-order valence-corrected chi connectivity index (χ3v) is 8.67. The quantitative estimate of drug-likeness (QED) is 0.612. The molecule has 27 heavy (non-hydrogen) atoms. The molecule has 0 N–H and O–H groups in total. The normalized spacial score (nSPS) is 26.3. The highest BCUT2D eigenvalue weighted by molar-refractivity contribution is 8.01. The molecule has 0 aliphatic carbocycles. The van der Waals surface area contributed by atoms with Crippen molar-refractivity contribution >= 4 is 35.3 Å². The number of rotatable bonds is 8. The van der Waals surface area contributed by atoms with Crippen molar-refractivity contribution in [2.75, 3.05) is 57.8 Å². The molecular weight excluding hydrogens is 378 g/mol. The van der Waals surface area contributed by atoms with Gasteiger partial charge < -0.3 is 14.7 Å². The van der Waals surface area contributed by atoms with Crippen molar-refractivity contribution in [3.05, 3.63) is 0 Å². The summed E-state index contributed by atoms with van der Waals surface area (Å²) in [4.78, 5) is 32.0. The highest BCUT2D eigenvalue weighted by atomic mass is 32.2. The molecule has 2 atom stereocenters. The lowest BCUT2D eigenvalue weighted by atomic mass is 10.1. The number of hydrogen-bond donors (Lipinski definition) is 0. The van der Waals surface area contributed by atoms with Crippen LogP contribution >= 0.6 is 23.5 Å². The van der Waals surface area contributed by atoms with Gasteiger partial charge in [0.1, 0.15) is 0 Å². The molecule has 0 aromatic heterocycles. The van der Waals surface area contributed by atoms with Crippen molar-refractivity contribution in [1.82, 2.24) is 14.7 Å². The molecule has 0 aromatic carbocycles.